The molecule has 0 aliphatic rings. The number of hydrogen-bond acceptors (Lipinski definition) is 3. The van der Waals surface area contributed by atoms with Crippen molar-refractivity contribution in [2.45, 2.75) is 56.7 Å². The Hall–Kier alpha value is -1.07. The van der Waals surface area contributed by atoms with Gasteiger partial charge in [0.25, 0.3) is 0 Å². The van der Waals surface area contributed by atoms with E-state index in [0.29, 0.717) is 5.11 Å². The van der Waals surface area contributed by atoms with Gasteiger partial charge in [0.15, 0.2) is 5.11 Å². The normalized spacial score (nSPS) is 12.5. The summed E-state index contributed by atoms with van der Waals surface area (Å²) < 4.78 is 0.167. The number of nitrogens with zero attached hydrogens (tertiary/aromatic N) is 1. The second kappa shape index (κ2) is 7.27. The lowest BCUT2D eigenvalue weighted by atomic mass is 10.1. The van der Waals surface area contributed by atoms with Gasteiger partial charge < -0.3 is 5.32 Å². The van der Waals surface area contributed by atoms with Crippen molar-refractivity contribution in [3.63, 3.8) is 0 Å². The molecule has 5 heteroatoms. The number of thiocarbonyl (C=S) groups is 1. The Bertz CT molecular complexity index is 511. The number of nitrogens with one attached hydrogen (secondary N) is 2. The third-order valence-electron chi connectivity index (χ3n) is 2.19. The summed E-state index contributed by atoms with van der Waals surface area (Å²) in [6.07, 6.45) is 1.81. The topological polar surface area (TPSA) is 36.4 Å². The Balaban J connectivity index is 2.71. The summed E-state index contributed by atoms with van der Waals surface area (Å²) in [5.74, 6) is 0. The second-order valence-corrected chi connectivity index (χ2v) is 9.10. The molecule has 0 bridgehead atoms. The summed E-state index contributed by atoms with van der Waals surface area (Å²) >= 11 is 7.03. The van der Waals surface area contributed by atoms with E-state index in [9.17, 15) is 0 Å². The molecule has 0 fully saturated rings. The first-order valence-electron chi connectivity index (χ1n) is 6.96. The van der Waals surface area contributed by atoms with Crippen LogP contribution in [0.4, 0.5) is 0 Å². The van der Waals surface area contributed by atoms with Crippen molar-refractivity contribution in [2.24, 2.45) is 5.10 Å². The molecule has 0 saturated carbocycles. The molecule has 0 aliphatic heterocycles. The lowest BCUT2D eigenvalue weighted by Gasteiger charge is -2.21. The van der Waals surface area contributed by atoms with Crippen molar-refractivity contribution < 1.29 is 0 Å². The molecular weight excluding hydrogens is 298 g/mol. The Morgan fingerprint density at radius 2 is 1.76 bits per heavy atom. The zero-order valence-electron chi connectivity index (χ0n) is 13.7. The van der Waals surface area contributed by atoms with Crippen LogP contribution in [-0.4, -0.2) is 21.6 Å². The molecule has 0 aromatic heterocycles. The van der Waals surface area contributed by atoms with Gasteiger partial charge in [0, 0.05) is 20.7 Å². The molecule has 1 aromatic rings. The smallest absolute Gasteiger partial charge is 0.187 e. The maximum atomic E-state index is 5.20. The van der Waals surface area contributed by atoms with E-state index in [1.807, 2.05) is 30.1 Å². The van der Waals surface area contributed by atoms with E-state index in [2.05, 4.69) is 69.5 Å². The number of rotatable bonds is 3. The summed E-state index contributed by atoms with van der Waals surface area (Å²) in [5.41, 5.74) is 3.87. The molecule has 0 spiro atoms. The molecule has 116 valence electrons. The largest absolute Gasteiger partial charge is 0.357 e. The summed E-state index contributed by atoms with van der Waals surface area (Å²) in [4.78, 5) is 1.21. The highest BCUT2D eigenvalue weighted by Crippen LogP contribution is 2.33. The summed E-state index contributed by atoms with van der Waals surface area (Å²) in [5, 5.41) is 7.91. The highest BCUT2D eigenvalue weighted by Gasteiger charge is 2.14. The van der Waals surface area contributed by atoms with E-state index in [0.717, 1.165) is 5.56 Å². The quantitative estimate of drug-likeness (QED) is 0.379. The molecule has 0 heterocycles. The van der Waals surface area contributed by atoms with E-state index in [4.69, 9.17) is 12.2 Å². The monoisotopic (exact) mass is 323 g/mol. The van der Waals surface area contributed by atoms with Crippen LogP contribution >= 0.6 is 24.0 Å². The van der Waals surface area contributed by atoms with Crippen molar-refractivity contribution in [3.05, 3.63) is 29.8 Å². The predicted octanol–water partition coefficient (Wildman–Crippen LogP) is 4.17. The van der Waals surface area contributed by atoms with Gasteiger partial charge >= 0.3 is 0 Å². The van der Waals surface area contributed by atoms with Gasteiger partial charge in [-0.2, -0.15) is 5.10 Å². The van der Waals surface area contributed by atoms with Gasteiger partial charge in [-0.3, -0.25) is 5.43 Å². The van der Waals surface area contributed by atoms with Crippen LogP contribution in [-0.2, 0) is 0 Å². The Labute approximate surface area is 138 Å². The fourth-order valence-electron chi connectivity index (χ4n) is 1.54. The standard InChI is InChI=1S/C16H25N3S2/c1-15(2,3)18-14(20)19-17-11-12-9-7-8-10-13(12)21-16(4,5)6/h7-11H,1-6H3,(H2,18,19,20). The molecule has 0 unspecified atom stereocenters. The molecule has 0 radical (unpaired) electrons. The van der Waals surface area contributed by atoms with Crippen molar-refractivity contribution in [3.8, 4) is 0 Å². The molecule has 0 atom stereocenters. The fraction of sp³-hybridized carbons (Fsp3) is 0.500. The van der Waals surface area contributed by atoms with Crippen molar-refractivity contribution >= 4 is 35.3 Å². The van der Waals surface area contributed by atoms with Crippen LogP contribution in [0.15, 0.2) is 34.3 Å². The molecular formula is C16H25N3S2. The second-order valence-electron chi connectivity index (χ2n) is 6.83. The highest BCUT2D eigenvalue weighted by atomic mass is 32.2. The van der Waals surface area contributed by atoms with Crippen LogP contribution in [0.5, 0.6) is 0 Å². The average molecular weight is 324 g/mol. The molecule has 0 amide bonds. The number of hydrazone groups is 1. The molecule has 3 nitrogen and oxygen atoms in total. The number of thioether (sulfide) groups is 1. The highest BCUT2D eigenvalue weighted by molar-refractivity contribution is 8.00. The van der Waals surface area contributed by atoms with Crippen LogP contribution in [0.25, 0.3) is 0 Å². The maximum Gasteiger partial charge on any atom is 0.187 e. The van der Waals surface area contributed by atoms with Crippen molar-refractivity contribution in [2.75, 3.05) is 0 Å². The minimum atomic E-state index is -0.0698. The fourth-order valence-corrected chi connectivity index (χ4v) is 2.94. The van der Waals surface area contributed by atoms with Gasteiger partial charge in [0.05, 0.1) is 6.21 Å². The first kappa shape index (κ1) is 18.0. The molecule has 2 N–H and O–H groups in total. The van der Waals surface area contributed by atoms with Gasteiger partial charge in [0.2, 0.25) is 0 Å². The average Bonchev–Trinajstić information content (AvgIpc) is 2.27. The van der Waals surface area contributed by atoms with E-state index >= 15 is 0 Å². The Morgan fingerprint density at radius 1 is 1.14 bits per heavy atom. The SMILES string of the molecule is CC(C)(C)NC(=S)NN=Cc1ccccc1SC(C)(C)C. The van der Waals surface area contributed by atoms with Crippen molar-refractivity contribution in [1.29, 1.82) is 0 Å². The Kier molecular flexibility index (Phi) is 6.23. The van der Waals surface area contributed by atoms with E-state index in [1.54, 1.807) is 0 Å². The predicted molar refractivity (Wildman–Crippen MR) is 98.3 cm³/mol. The number of benzene rings is 1. The first-order chi connectivity index (χ1) is 9.57. The molecule has 21 heavy (non-hydrogen) atoms. The lowest BCUT2D eigenvalue weighted by Crippen LogP contribution is -2.44. The lowest BCUT2D eigenvalue weighted by molar-refractivity contribution is 0.508. The van der Waals surface area contributed by atoms with Gasteiger partial charge in [-0.1, -0.05) is 39.0 Å². The molecule has 1 rings (SSSR count). The zero-order chi connectivity index (χ0) is 16.1. The van der Waals surface area contributed by atoms with Crippen molar-refractivity contribution in [1.82, 2.24) is 10.7 Å². The first-order valence-corrected chi connectivity index (χ1v) is 8.18. The minimum absolute atomic E-state index is 0.0698. The molecule has 0 aliphatic carbocycles. The molecule has 0 saturated heterocycles. The third-order valence-corrected chi connectivity index (χ3v) is 3.59. The Morgan fingerprint density at radius 3 is 2.33 bits per heavy atom. The third kappa shape index (κ3) is 8.07. The van der Waals surface area contributed by atoms with Crippen LogP contribution in [0.2, 0.25) is 0 Å². The van der Waals surface area contributed by atoms with Crippen LogP contribution in [0.1, 0.15) is 47.1 Å². The van der Waals surface area contributed by atoms with E-state index in [-0.39, 0.29) is 10.3 Å². The van der Waals surface area contributed by atoms with Gasteiger partial charge in [-0.05, 0) is 39.1 Å². The van der Waals surface area contributed by atoms with E-state index < -0.39 is 0 Å². The van der Waals surface area contributed by atoms with Crippen LogP contribution < -0.4 is 10.7 Å². The summed E-state index contributed by atoms with van der Waals surface area (Å²) in [7, 11) is 0. The van der Waals surface area contributed by atoms with E-state index in [1.165, 1.54) is 4.90 Å². The summed E-state index contributed by atoms with van der Waals surface area (Å²) in [6.45, 7) is 12.8. The van der Waals surface area contributed by atoms with Crippen LogP contribution in [0.3, 0.4) is 0 Å². The zero-order valence-corrected chi connectivity index (χ0v) is 15.3. The van der Waals surface area contributed by atoms with Gasteiger partial charge in [-0.25, -0.2) is 0 Å². The number of hydrogen-bond donors (Lipinski definition) is 2. The molecule has 1 aromatic carbocycles. The minimum Gasteiger partial charge on any atom is -0.357 e. The summed E-state index contributed by atoms with van der Waals surface area (Å²) in [6, 6.07) is 8.23. The van der Waals surface area contributed by atoms with Gasteiger partial charge in [-0.15, -0.1) is 11.8 Å². The van der Waals surface area contributed by atoms with Crippen LogP contribution in [0, 0.1) is 0 Å². The van der Waals surface area contributed by atoms with Gasteiger partial charge in [0.1, 0.15) is 0 Å². The maximum absolute atomic E-state index is 5.20.